The van der Waals surface area contributed by atoms with Crippen molar-refractivity contribution in [1.82, 2.24) is 14.9 Å². The van der Waals surface area contributed by atoms with E-state index in [1.54, 1.807) is 12.4 Å². The first-order valence-electron chi connectivity index (χ1n) is 9.44. The quantitative estimate of drug-likeness (QED) is 0.474. The molecule has 5 rings (SSSR count). The van der Waals surface area contributed by atoms with Gasteiger partial charge >= 0.3 is 5.97 Å². The van der Waals surface area contributed by atoms with Gasteiger partial charge in [0.1, 0.15) is 5.58 Å². The number of aromatic nitrogens is 2. The summed E-state index contributed by atoms with van der Waals surface area (Å²) in [5, 5.41) is 9.87. The van der Waals surface area contributed by atoms with Gasteiger partial charge in [-0.3, -0.25) is 4.79 Å². The van der Waals surface area contributed by atoms with E-state index in [9.17, 15) is 9.59 Å². The fourth-order valence-electron chi connectivity index (χ4n) is 3.81. The third-order valence-electron chi connectivity index (χ3n) is 5.40. The van der Waals surface area contributed by atoms with Gasteiger partial charge in [0, 0.05) is 43.2 Å². The molecule has 0 spiro atoms. The monoisotopic (exact) mass is 468 g/mol. The molecule has 152 valence electrons. The minimum atomic E-state index is -1.10. The van der Waals surface area contributed by atoms with Crippen LogP contribution >= 0.6 is 15.9 Å². The number of carboxylic acid groups (broad SMARTS) is 1. The molecular formula is C21H17BrN4O4. The van der Waals surface area contributed by atoms with E-state index in [-0.39, 0.29) is 11.7 Å². The second kappa shape index (κ2) is 7.17. The molecule has 0 aliphatic carbocycles. The Kier molecular flexibility index (Phi) is 4.47. The molecule has 9 heteroatoms. The van der Waals surface area contributed by atoms with Crippen molar-refractivity contribution < 1.29 is 19.1 Å². The zero-order valence-corrected chi connectivity index (χ0v) is 17.3. The standard InChI is InChI=1S/C21H17BrN4O4/c22-19-13-10-18(21(28)29)30-17(13)4-3-16(19)25-5-7-26(8-6-25)20(27)12-1-2-14-15(9-12)24-11-23-14/h1-4,9-11H,5-8H2,(H,23,24)(H,28,29). The highest BCUT2D eigenvalue weighted by Gasteiger charge is 2.25. The summed E-state index contributed by atoms with van der Waals surface area (Å²) in [6.07, 6.45) is 1.62. The molecule has 4 aromatic rings. The number of hydrogen-bond acceptors (Lipinski definition) is 5. The minimum Gasteiger partial charge on any atom is -0.475 e. The molecule has 3 heterocycles. The third-order valence-corrected chi connectivity index (χ3v) is 6.23. The number of amides is 1. The van der Waals surface area contributed by atoms with E-state index < -0.39 is 5.97 Å². The van der Waals surface area contributed by atoms with Crippen molar-refractivity contribution in [2.24, 2.45) is 0 Å². The van der Waals surface area contributed by atoms with Crippen LogP contribution in [0.2, 0.25) is 0 Å². The van der Waals surface area contributed by atoms with E-state index in [0.29, 0.717) is 37.3 Å². The Hall–Kier alpha value is -3.33. The highest BCUT2D eigenvalue weighted by atomic mass is 79.9. The molecule has 8 nitrogen and oxygen atoms in total. The molecule has 0 unspecified atom stereocenters. The first-order chi connectivity index (χ1) is 14.5. The van der Waals surface area contributed by atoms with E-state index in [0.717, 1.165) is 26.6 Å². The molecule has 1 amide bonds. The lowest BCUT2D eigenvalue weighted by molar-refractivity contribution is 0.0664. The largest absolute Gasteiger partial charge is 0.475 e. The Morgan fingerprint density at radius 3 is 2.67 bits per heavy atom. The number of benzene rings is 2. The van der Waals surface area contributed by atoms with Crippen LogP contribution in [0, 0.1) is 0 Å². The second-order valence-corrected chi connectivity index (χ2v) is 7.93. The van der Waals surface area contributed by atoms with Crippen molar-refractivity contribution in [3.63, 3.8) is 0 Å². The van der Waals surface area contributed by atoms with Crippen LogP contribution in [0.5, 0.6) is 0 Å². The number of H-pyrrole nitrogens is 1. The smallest absolute Gasteiger partial charge is 0.371 e. The van der Waals surface area contributed by atoms with Crippen LogP contribution < -0.4 is 4.90 Å². The summed E-state index contributed by atoms with van der Waals surface area (Å²) in [6, 6.07) is 10.7. The van der Waals surface area contributed by atoms with Crippen LogP contribution in [0.25, 0.3) is 22.0 Å². The lowest BCUT2D eigenvalue weighted by Gasteiger charge is -2.36. The molecular weight excluding hydrogens is 452 g/mol. The number of carbonyl (C=O) groups is 2. The van der Waals surface area contributed by atoms with Gasteiger partial charge in [0.15, 0.2) is 0 Å². The zero-order valence-electron chi connectivity index (χ0n) is 15.8. The Balaban J connectivity index is 1.33. The highest BCUT2D eigenvalue weighted by Crippen LogP contribution is 2.36. The maximum atomic E-state index is 12.9. The van der Waals surface area contributed by atoms with Crippen LogP contribution in [0.1, 0.15) is 20.9 Å². The molecule has 0 saturated carbocycles. The maximum Gasteiger partial charge on any atom is 0.371 e. The van der Waals surface area contributed by atoms with Crippen LogP contribution in [-0.2, 0) is 0 Å². The molecule has 0 bridgehead atoms. The summed E-state index contributed by atoms with van der Waals surface area (Å²) in [4.78, 5) is 35.4. The summed E-state index contributed by atoms with van der Waals surface area (Å²) in [7, 11) is 0. The minimum absolute atomic E-state index is 0.00463. The lowest BCUT2D eigenvalue weighted by Crippen LogP contribution is -2.48. The maximum absolute atomic E-state index is 12.9. The van der Waals surface area contributed by atoms with E-state index in [4.69, 9.17) is 9.52 Å². The first kappa shape index (κ1) is 18.7. The fourth-order valence-corrected chi connectivity index (χ4v) is 4.51. The molecule has 0 radical (unpaired) electrons. The molecule has 1 saturated heterocycles. The highest BCUT2D eigenvalue weighted by molar-refractivity contribution is 9.10. The van der Waals surface area contributed by atoms with Crippen molar-refractivity contribution in [3.05, 3.63) is 58.5 Å². The average molecular weight is 469 g/mol. The van der Waals surface area contributed by atoms with Crippen LogP contribution in [0.3, 0.4) is 0 Å². The van der Waals surface area contributed by atoms with Gasteiger partial charge in [0.25, 0.3) is 5.91 Å². The number of carboxylic acids is 1. The number of aromatic carboxylic acids is 1. The summed E-state index contributed by atoms with van der Waals surface area (Å²) >= 11 is 3.59. The van der Waals surface area contributed by atoms with Gasteiger partial charge < -0.3 is 24.3 Å². The molecule has 1 fully saturated rings. The molecule has 0 atom stereocenters. The van der Waals surface area contributed by atoms with E-state index in [2.05, 4.69) is 30.8 Å². The van der Waals surface area contributed by atoms with E-state index >= 15 is 0 Å². The Bertz CT molecular complexity index is 1290. The van der Waals surface area contributed by atoms with E-state index in [1.165, 1.54) is 6.07 Å². The number of halogens is 1. The van der Waals surface area contributed by atoms with Crippen molar-refractivity contribution in [2.75, 3.05) is 31.1 Å². The normalized spacial score (nSPS) is 14.6. The van der Waals surface area contributed by atoms with Gasteiger partial charge in [-0.15, -0.1) is 0 Å². The van der Waals surface area contributed by atoms with Gasteiger partial charge in [-0.25, -0.2) is 9.78 Å². The number of nitrogens with zero attached hydrogens (tertiary/aromatic N) is 3. The predicted molar refractivity (Wildman–Crippen MR) is 115 cm³/mol. The van der Waals surface area contributed by atoms with Gasteiger partial charge in [-0.1, -0.05) is 0 Å². The molecule has 1 aliphatic rings. The van der Waals surface area contributed by atoms with Gasteiger partial charge in [-0.05, 0) is 46.3 Å². The van der Waals surface area contributed by atoms with Crippen LogP contribution in [0.4, 0.5) is 5.69 Å². The van der Waals surface area contributed by atoms with Crippen molar-refractivity contribution in [1.29, 1.82) is 0 Å². The molecule has 2 N–H and O–H groups in total. The number of carbonyl (C=O) groups excluding carboxylic acids is 1. The predicted octanol–water partition coefficient (Wildman–Crippen LogP) is 3.73. The second-order valence-electron chi connectivity index (χ2n) is 7.14. The number of anilines is 1. The molecule has 30 heavy (non-hydrogen) atoms. The molecule has 2 aromatic heterocycles. The number of piperazine rings is 1. The number of rotatable bonds is 3. The number of imidazole rings is 1. The van der Waals surface area contributed by atoms with Crippen molar-refractivity contribution >= 4 is 55.5 Å². The SMILES string of the molecule is O=C(O)c1cc2c(Br)c(N3CCN(C(=O)c4ccc5[nH]cnc5c4)CC3)ccc2o1. The third kappa shape index (κ3) is 3.11. The van der Waals surface area contributed by atoms with Gasteiger partial charge in [0.05, 0.1) is 27.5 Å². The first-order valence-corrected chi connectivity index (χ1v) is 10.2. The van der Waals surface area contributed by atoms with Crippen LogP contribution in [-0.4, -0.2) is 58.0 Å². The molecule has 2 aromatic carbocycles. The van der Waals surface area contributed by atoms with Crippen LogP contribution in [0.15, 0.2) is 51.6 Å². The van der Waals surface area contributed by atoms with Crippen molar-refractivity contribution in [2.45, 2.75) is 0 Å². The van der Waals surface area contributed by atoms with E-state index in [1.807, 2.05) is 29.2 Å². The van der Waals surface area contributed by atoms with Gasteiger partial charge in [0.2, 0.25) is 5.76 Å². The number of aromatic amines is 1. The summed E-state index contributed by atoms with van der Waals surface area (Å²) in [6.45, 7) is 2.52. The Morgan fingerprint density at radius 2 is 1.90 bits per heavy atom. The van der Waals surface area contributed by atoms with Crippen molar-refractivity contribution in [3.8, 4) is 0 Å². The average Bonchev–Trinajstić information content (AvgIpc) is 3.40. The zero-order chi connectivity index (χ0) is 20.8. The fraction of sp³-hybridized carbons (Fsp3) is 0.190. The number of furan rings is 1. The Labute approximate surface area is 179 Å². The summed E-state index contributed by atoms with van der Waals surface area (Å²) in [5.41, 5.74) is 3.78. The Morgan fingerprint density at radius 1 is 1.10 bits per heavy atom. The molecule has 1 aliphatic heterocycles. The number of hydrogen-bond donors (Lipinski definition) is 2. The topological polar surface area (TPSA) is 103 Å². The number of fused-ring (bicyclic) bond motifs is 2. The summed E-state index contributed by atoms with van der Waals surface area (Å²) in [5.74, 6) is -1.19. The summed E-state index contributed by atoms with van der Waals surface area (Å²) < 4.78 is 6.16. The van der Waals surface area contributed by atoms with Gasteiger partial charge in [-0.2, -0.15) is 0 Å². The number of nitrogens with one attached hydrogen (secondary N) is 1. The lowest BCUT2D eigenvalue weighted by atomic mass is 10.1.